The van der Waals surface area contributed by atoms with Gasteiger partial charge in [0, 0.05) is 23.1 Å². The first-order valence-electron chi connectivity index (χ1n) is 13.1. The number of benzene rings is 2. The lowest BCUT2D eigenvalue weighted by atomic mass is 9.76. The molecule has 0 aromatic heterocycles. The number of hydrogen-bond acceptors (Lipinski definition) is 5. The summed E-state index contributed by atoms with van der Waals surface area (Å²) in [7, 11) is 0. The number of nitrogens with one attached hydrogen (secondary N) is 2. The van der Waals surface area contributed by atoms with Crippen LogP contribution in [0.1, 0.15) is 69.2 Å². The summed E-state index contributed by atoms with van der Waals surface area (Å²) in [6.45, 7) is 12.2. The van der Waals surface area contributed by atoms with Gasteiger partial charge in [-0.05, 0) is 75.9 Å². The van der Waals surface area contributed by atoms with Crippen LogP contribution in [0.15, 0.2) is 71.7 Å². The molecule has 0 radical (unpaired) electrons. The Morgan fingerprint density at radius 3 is 2.41 bits per heavy atom. The van der Waals surface area contributed by atoms with Crippen molar-refractivity contribution in [3.8, 4) is 0 Å². The molecular formula is C31H37N3O3. The molecule has 2 aromatic rings. The number of aliphatic imine (C=N–C) groups is 1. The number of amides is 1. The minimum atomic E-state index is -0.251. The van der Waals surface area contributed by atoms with Crippen molar-refractivity contribution in [2.45, 2.75) is 59.5 Å². The summed E-state index contributed by atoms with van der Waals surface area (Å²) in [5.41, 5.74) is 6.69. The van der Waals surface area contributed by atoms with Crippen LogP contribution in [-0.4, -0.2) is 23.9 Å². The fourth-order valence-corrected chi connectivity index (χ4v) is 5.30. The number of anilines is 1. The molecule has 1 saturated carbocycles. The first-order valence-corrected chi connectivity index (χ1v) is 13.1. The molecule has 37 heavy (non-hydrogen) atoms. The van der Waals surface area contributed by atoms with E-state index in [2.05, 4.69) is 28.3 Å². The number of ether oxygens (including phenoxy) is 1. The number of ketones is 1. The smallest absolute Gasteiger partial charge is 0.228 e. The van der Waals surface area contributed by atoms with Crippen molar-refractivity contribution in [2.75, 3.05) is 11.9 Å². The molecule has 1 aliphatic heterocycles. The number of carbonyl (C=O) groups is 2. The zero-order chi connectivity index (χ0) is 26.5. The molecule has 1 heterocycles. The molecule has 0 bridgehead atoms. The van der Waals surface area contributed by atoms with Gasteiger partial charge in [-0.15, -0.1) is 0 Å². The van der Waals surface area contributed by atoms with E-state index in [1.165, 1.54) is 0 Å². The van der Waals surface area contributed by atoms with Gasteiger partial charge in [0.2, 0.25) is 5.91 Å². The van der Waals surface area contributed by atoms with Gasteiger partial charge in [-0.25, -0.2) is 0 Å². The van der Waals surface area contributed by atoms with Gasteiger partial charge in [0.25, 0.3) is 0 Å². The second-order valence-corrected chi connectivity index (χ2v) is 10.1. The van der Waals surface area contributed by atoms with Crippen LogP contribution in [0, 0.1) is 18.8 Å². The molecule has 1 fully saturated rings. The highest BCUT2D eigenvalue weighted by atomic mass is 16.5. The molecule has 2 aromatic carbocycles. The van der Waals surface area contributed by atoms with Crippen LogP contribution in [-0.2, 0) is 14.3 Å². The maximum Gasteiger partial charge on any atom is 0.228 e. The zero-order valence-corrected chi connectivity index (χ0v) is 22.3. The zero-order valence-electron chi connectivity index (χ0n) is 22.3. The third kappa shape index (κ3) is 6.19. The lowest BCUT2D eigenvalue weighted by molar-refractivity contribution is -0.131. The number of aryl methyl sites for hydroxylation is 1. The van der Waals surface area contributed by atoms with Crippen molar-refractivity contribution in [3.05, 3.63) is 83.4 Å². The molecule has 0 spiro atoms. The van der Waals surface area contributed by atoms with Gasteiger partial charge in [0.1, 0.15) is 11.9 Å². The summed E-state index contributed by atoms with van der Waals surface area (Å²) < 4.78 is 6.03. The molecule has 2 aliphatic rings. The third-order valence-electron chi connectivity index (χ3n) is 7.45. The predicted octanol–water partition coefficient (Wildman–Crippen LogP) is 6.35. The number of rotatable bonds is 9. The Morgan fingerprint density at radius 1 is 1.03 bits per heavy atom. The highest BCUT2D eigenvalue weighted by Crippen LogP contribution is 2.33. The normalized spacial score (nSPS) is 20.2. The van der Waals surface area contributed by atoms with E-state index >= 15 is 0 Å². The molecule has 6 heteroatoms. The molecule has 3 atom stereocenters. The lowest BCUT2D eigenvalue weighted by Gasteiger charge is -2.29. The Morgan fingerprint density at radius 2 is 1.73 bits per heavy atom. The Labute approximate surface area is 219 Å². The van der Waals surface area contributed by atoms with Crippen LogP contribution in [0.2, 0.25) is 0 Å². The Bertz CT molecular complexity index is 1250. The summed E-state index contributed by atoms with van der Waals surface area (Å²) in [6, 6.07) is 16.0. The average molecular weight is 500 g/mol. The Balaban J connectivity index is 1.47. The van der Waals surface area contributed by atoms with E-state index in [-0.39, 0.29) is 29.6 Å². The van der Waals surface area contributed by atoms with Crippen LogP contribution in [0.5, 0.6) is 0 Å². The second kappa shape index (κ2) is 11.6. The van der Waals surface area contributed by atoms with Gasteiger partial charge in [-0.3, -0.25) is 14.6 Å². The largest absolute Gasteiger partial charge is 0.472 e. The molecule has 0 saturated heterocycles. The molecule has 2 N–H and O–H groups in total. The number of Topliss-reactive ketones (excluding diaryl/α,β-unsaturated/α-hetero) is 1. The van der Waals surface area contributed by atoms with E-state index in [0.717, 1.165) is 65.0 Å². The van der Waals surface area contributed by atoms with Gasteiger partial charge < -0.3 is 15.4 Å². The van der Waals surface area contributed by atoms with E-state index < -0.39 is 0 Å². The van der Waals surface area contributed by atoms with Crippen molar-refractivity contribution in [1.29, 1.82) is 0 Å². The van der Waals surface area contributed by atoms with Crippen LogP contribution < -0.4 is 10.6 Å². The molecular weight excluding hydrogens is 462 g/mol. The lowest BCUT2D eigenvalue weighted by Crippen LogP contribution is -2.35. The number of carbonyl (C=O) groups excluding carboxylic acids is 2. The maximum absolute atomic E-state index is 13.1. The highest BCUT2D eigenvalue weighted by Gasteiger charge is 2.34. The molecule has 1 aliphatic carbocycles. The van der Waals surface area contributed by atoms with Crippen LogP contribution in [0.25, 0.3) is 5.57 Å². The summed E-state index contributed by atoms with van der Waals surface area (Å²) in [5, 5.41) is 6.42. The topological polar surface area (TPSA) is 79.8 Å². The number of allylic oxidation sites excluding steroid dienone is 1. The fraction of sp³-hybridized carbons (Fsp3) is 0.387. The van der Waals surface area contributed by atoms with Crippen molar-refractivity contribution >= 4 is 28.7 Å². The summed E-state index contributed by atoms with van der Waals surface area (Å²) in [4.78, 5) is 29.8. The third-order valence-corrected chi connectivity index (χ3v) is 7.45. The molecule has 0 unspecified atom stereocenters. The van der Waals surface area contributed by atoms with Crippen LogP contribution in [0.3, 0.4) is 0 Å². The predicted molar refractivity (Wildman–Crippen MR) is 149 cm³/mol. The van der Waals surface area contributed by atoms with E-state index in [1.807, 2.05) is 63.2 Å². The fourth-order valence-electron chi connectivity index (χ4n) is 5.30. The summed E-state index contributed by atoms with van der Waals surface area (Å²) in [6.07, 6.45) is 3.43. The van der Waals surface area contributed by atoms with Gasteiger partial charge in [-0.1, -0.05) is 49.2 Å². The number of hydrogen-bond donors (Lipinski definition) is 2. The molecule has 1 amide bonds. The van der Waals surface area contributed by atoms with E-state index in [9.17, 15) is 9.59 Å². The monoisotopic (exact) mass is 499 g/mol. The summed E-state index contributed by atoms with van der Waals surface area (Å²) >= 11 is 0. The minimum Gasteiger partial charge on any atom is -0.472 e. The van der Waals surface area contributed by atoms with Gasteiger partial charge in [0.15, 0.2) is 5.88 Å². The van der Waals surface area contributed by atoms with E-state index in [1.54, 1.807) is 6.92 Å². The molecule has 6 nitrogen and oxygen atoms in total. The van der Waals surface area contributed by atoms with E-state index in [0.29, 0.717) is 12.4 Å². The maximum atomic E-state index is 13.1. The molecule has 194 valence electrons. The Kier molecular flexibility index (Phi) is 8.27. The SMILES string of the molecule is C=C(NC1=C(c2ccc(NC(=O)[C@H]3CCCC[C@@H]3C(C)=O)c(C)c2)CN=C1C)O[C@H](C)c1ccccc1. The van der Waals surface area contributed by atoms with Gasteiger partial charge in [0.05, 0.1) is 18.0 Å². The van der Waals surface area contributed by atoms with E-state index in [4.69, 9.17) is 4.74 Å². The van der Waals surface area contributed by atoms with Crippen LogP contribution >= 0.6 is 0 Å². The van der Waals surface area contributed by atoms with Crippen molar-refractivity contribution in [2.24, 2.45) is 16.8 Å². The second-order valence-electron chi connectivity index (χ2n) is 10.1. The summed E-state index contributed by atoms with van der Waals surface area (Å²) in [5.74, 6) is 0.0932. The Hall–Kier alpha value is -3.67. The average Bonchev–Trinajstić information content (AvgIpc) is 3.25. The van der Waals surface area contributed by atoms with Crippen molar-refractivity contribution < 1.29 is 14.3 Å². The van der Waals surface area contributed by atoms with Gasteiger partial charge >= 0.3 is 0 Å². The first-order chi connectivity index (χ1) is 17.7. The first kappa shape index (κ1) is 26.4. The minimum absolute atomic E-state index is 0.0571. The van der Waals surface area contributed by atoms with Gasteiger partial charge in [-0.2, -0.15) is 0 Å². The van der Waals surface area contributed by atoms with Crippen molar-refractivity contribution in [3.63, 3.8) is 0 Å². The van der Waals surface area contributed by atoms with Crippen molar-refractivity contribution in [1.82, 2.24) is 5.32 Å². The quantitative estimate of drug-likeness (QED) is 0.394. The number of nitrogens with zero attached hydrogens (tertiary/aromatic N) is 1. The van der Waals surface area contributed by atoms with Crippen LogP contribution in [0.4, 0.5) is 5.69 Å². The standard InChI is InChI=1S/C31H37N3O3/c1-19-17-25(15-16-29(19)34-31(36)27-14-10-9-13-26(27)21(3)35)28-18-32-20(2)30(28)33-23(5)37-22(4)24-11-7-6-8-12-24/h6-8,11-12,15-17,22,26-27,33H,5,9-10,13-14,18H2,1-4H3,(H,34,36)/t22-,26-,27+/m1/s1. The molecule has 4 rings (SSSR count). The highest BCUT2D eigenvalue weighted by molar-refractivity contribution is 6.08.